The highest BCUT2D eigenvalue weighted by molar-refractivity contribution is 5.77. The van der Waals surface area contributed by atoms with Gasteiger partial charge in [0.2, 0.25) is 11.8 Å². The average molecular weight is 279 g/mol. The van der Waals surface area contributed by atoms with Crippen molar-refractivity contribution in [3.05, 3.63) is 5.89 Å². The molecular formula is C13H21N5O2. The summed E-state index contributed by atoms with van der Waals surface area (Å²) in [5.74, 6) is 1.30. The van der Waals surface area contributed by atoms with Crippen LogP contribution in [0.4, 0.5) is 6.01 Å². The molecule has 0 aliphatic carbocycles. The van der Waals surface area contributed by atoms with Crippen molar-refractivity contribution < 1.29 is 9.21 Å². The van der Waals surface area contributed by atoms with Crippen LogP contribution < -0.4 is 15.5 Å². The molecule has 0 spiro atoms. The van der Waals surface area contributed by atoms with E-state index in [0.717, 1.165) is 32.5 Å². The van der Waals surface area contributed by atoms with Crippen molar-refractivity contribution in [1.29, 1.82) is 0 Å². The molecule has 0 aromatic carbocycles. The van der Waals surface area contributed by atoms with E-state index in [0.29, 0.717) is 36.8 Å². The van der Waals surface area contributed by atoms with Crippen molar-refractivity contribution >= 4 is 11.9 Å². The second kappa shape index (κ2) is 5.78. The monoisotopic (exact) mass is 279 g/mol. The minimum absolute atomic E-state index is 0.186. The fourth-order valence-electron chi connectivity index (χ4n) is 2.96. The van der Waals surface area contributed by atoms with Crippen LogP contribution in [0.15, 0.2) is 4.42 Å². The Bertz CT molecular complexity index is 475. The third-order valence-electron chi connectivity index (χ3n) is 4.08. The minimum atomic E-state index is 0.186. The van der Waals surface area contributed by atoms with Crippen LogP contribution in [0, 0.1) is 5.92 Å². The number of rotatable bonds is 4. The minimum Gasteiger partial charge on any atom is -0.407 e. The molecule has 2 fully saturated rings. The van der Waals surface area contributed by atoms with Crippen molar-refractivity contribution in [3.8, 4) is 0 Å². The van der Waals surface area contributed by atoms with Gasteiger partial charge in [-0.2, -0.15) is 0 Å². The zero-order valence-corrected chi connectivity index (χ0v) is 11.8. The maximum Gasteiger partial charge on any atom is 0.318 e. The number of hydrogen-bond acceptors (Lipinski definition) is 6. The molecule has 7 heteroatoms. The first kappa shape index (κ1) is 13.4. The first-order valence-corrected chi connectivity index (χ1v) is 7.33. The SMILES string of the molecule is CCNCc1nnc(N2CCC3NC(=O)CCC3C2)o1. The van der Waals surface area contributed by atoms with Gasteiger partial charge in [-0.05, 0) is 25.3 Å². The van der Waals surface area contributed by atoms with Gasteiger partial charge in [-0.15, -0.1) is 5.10 Å². The third kappa shape index (κ3) is 2.77. The number of nitrogens with one attached hydrogen (secondary N) is 2. The topological polar surface area (TPSA) is 83.3 Å². The van der Waals surface area contributed by atoms with E-state index < -0.39 is 0 Å². The maximum atomic E-state index is 11.4. The fraction of sp³-hybridized carbons (Fsp3) is 0.769. The number of piperidine rings is 2. The molecule has 2 N–H and O–H groups in total. The normalized spacial score (nSPS) is 26.2. The molecule has 0 bridgehead atoms. The van der Waals surface area contributed by atoms with Crippen LogP contribution >= 0.6 is 0 Å². The van der Waals surface area contributed by atoms with E-state index in [1.54, 1.807) is 0 Å². The lowest BCUT2D eigenvalue weighted by atomic mass is 9.85. The molecule has 1 amide bonds. The predicted molar refractivity (Wildman–Crippen MR) is 73.2 cm³/mol. The molecule has 2 saturated heterocycles. The lowest BCUT2D eigenvalue weighted by Crippen LogP contribution is -2.54. The zero-order chi connectivity index (χ0) is 13.9. The molecule has 3 rings (SSSR count). The van der Waals surface area contributed by atoms with Gasteiger partial charge in [0.15, 0.2) is 0 Å². The molecule has 2 atom stereocenters. The van der Waals surface area contributed by atoms with E-state index in [2.05, 4.69) is 25.7 Å². The van der Waals surface area contributed by atoms with E-state index in [9.17, 15) is 4.79 Å². The number of aromatic nitrogens is 2. The standard InChI is InChI=1S/C13H21N5O2/c1-2-14-7-12-16-17-13(20-12)18-6-5-10-9(8-18)3-4-11(19)15-10/h9-10,14H,2-8H2,1H3,(H,15,19). The first-order valence-electron chi connectivity index (χ1n) is 7.33. The van der Waals surface area contributed by atoms with Crippen molar-refractivity contribution in [1.82, 2.24) is 20.8 Å². The van der Waals surface area contributed by atoms with Crippen molar-refractivity contribution in [2.75, 3.05) is 24.5 Å². The molecule has 2 aliphatic heterocycles. The average Bonchev–Trinajstić information content (AvgIpc) is 2.93. The van der Waals surface area contributed by atoms with Crippen molar-refractivity contribution in [2.45, 2.75) is 38.8 Å². The molecule has 3 heterocycles. The second-order valence-corrected chi connectivity index (χ2v) is 5.47. The van der Waals surface area contributed by atoms with E-state index >= 15 is 0 Å². The Morgan fingerprint density at radius 2 is 2.35 bits per heavy atom. The molecule has 110 valence electrons. The summed E-state index contributed by atoms with van der Waals surface area (Å²) in [6, 6.07) is 0.921. The summed E-state index contributed by atoms with van der Waals surface area (Å²) >= 11 is 0. The Hall–Kier alpha value is -1.63. The largest absolute Gasteiger partial charge is 0.407 e. The smallest absolute Gasteiger partial charge is 0.318 e. The maximum absolute atomic E-state index is 11.4. The van der Waals surface area contributed by atoms with Gasteiger partial charge in [-0.3, -0.25) is 4.79 Å². The molecule has 20 heavy (non-hydrogen) atoms. The summed E-state index contributed by atoms with van der Waals surface area (Å²) in [7, 11) is 0. The summed E-state index contributed by atoms with van der Waals surface area (Å²) in [5.41, 5.74) is 0. The van der Waals surface area contributed by atoms with E-state index in [4.69, 9.17) is 4.42 Å². The Morgan fingerprint density at radius 3 is 3.20 bits per heavy atom. The summed E-state index contributed by atoms with van der Waals surface area (Å²) in [4.78, 5) is 13.5. The van der Waals surface area contributed by atoms with E-state index in [1.807, 2.05) is 6.92 Å². The van der Waals surface area contributed by atoms with Crippen LogP contribution in [0.3, 0.4) is 0 Å². The third-order valence-corrected chi connectivity index (χ3v) is 4.08. The number of anilines is 1. The van der Waals surface area contributed by atoms with Gasteiger partial charge in [0.1, 0.15) is 0 Å². The van der Waals surface area contributed by atoms with Gasteiger partial charge >= 0.3 is 6.01 Å². The fourth-order valence-corrected chi connectivity index (χ4v) is 2.96. The number of nitrogens with zero attached hydrogens (tertiary/aromatic N) is 3. The molecule has 2 unspecified atom stereocenters. The van der Waals surface area contributed by atoms with Crippen molar-refractivity contribution in [2.24, 2.45) is 5.92 Å². The number of carbonyl (C=O) groups is 1. The highest BCUT2D eigenvalue weighted by atomic mass is 16.4. The van der Waals surface area contributed by atoms with Crippen LogP contribution in [0.1, 0.15) is 32.1 Å². The molecule has 7 nitrogen and oxygen atoms in total. The van der Waals surface area contributed by atoms with Crippen LogP contribution in [0.25, 0.3) is 0 Å². The quantitative estimate of drug-likeness (QED) is 0.824. The Labute approximate surface area is 118 Å². The molecule has 2 aliphatic rings. The van der Waals surface area contributed by atoms with Gasteiger partial charge in [-0.1, -0.05) is 12.0 Å². The summed E-state index contributed by atoms with van der Waals surface area (Å²) in [6.07, 6.45) is 2.53. The summed E-state index contributed by atoms with van der Waals surface area (Å²) < 4.78 is 5.68. The van der Waals surface area contributed by atoms with E-state index in [-0.39, 0.29) is 5.91 Å². The second-order valence-electron chi connectivity index (χ2n) is 5.47. The number of carbonyl (C=O) groups excluding carboxylic acids is 1. The van der Waals surface area contributed by atoms with Crippen molar-refractivity contribution in [3.63, 3.8) is 0 Å². The van der Waals surface area contributed by atoms with Crippen LogP contribution in [-0.2, 0) is 11.3 Å². The van der Waals surface area contributed by atoms with E-state index in [1.165, 1.54) is 0 Å². The highest BCUT2D eigenvalue weighted by Crippen LogP contribution is 2.28. The predicted octanol–water partition coefficient (Wildman–Crippen LogP) is 0.284. The Morgan fingerprint density at radius 1 is 1.45 bits per heavy atom. The van der Waals surface area contributed by atoms with Gasteiger partial charge in [0, 0.05) is 25.6 Å². The van der Waals surface area contributed by atoms with Crippen LogP contribution in [0.2, 0.25) is 0 Å². The number of hydrogen-bond donors (Lipinski definition) is 2. The number of fused-ring (bicyclic) bond motifs is 1. The first-order chi connectivity index (χ1) is 9.76. The molecule has 1 aromatic rings. The lowest BCUT2D eigenvalue weighted by Gasteiger charge is -2.40. The van der Waals surface area contributed by atoms with Gasteiger partial charge in [0.25, 0.3) is 0 Å². The van der Waals surface area contributed by atoms with Crippen LogP contribution in [0.5, 0.6) is 0 Å². The zero-order valence-electron chi connectivity index (χ0n) is 11.8. The summed E-state index contributed by atoms with van der Waals surface area (Å²) in [5, 5.41) is 14.4. The molecule has 1 aromatic heterocycles. The van der Waals surface area contributed by atoms with Gasteiger partial charge < -0.3 is 20.0 Å². The number of amides is 1. The summed E-state index contributed by atoms with van der Waals surface area (Å²) in [6.45, 7) is 5.27. The Balaban J connectivity index is 1.61. The highest BCUT2D eigenvalue weighted by Gasteiger charge is 2.35. The molecule has 0 saturated carbocycles. The van der Waals surface area contributed by atoms with Gasteiger partial charge in [-0.25, -0.2) is 0 Å². The molecule has 0 radical (unpaired) electrons. The van der Waals surface area contributed by atoms with Gasteiger partial charge in [0.05, 0.1) is 6.54 Å². The Kier molecular flexibility index (Phi) is 3.86. The molecular weight excluding hydrogens is 258 g/mol. The lowest BCUT2D eigenvalue weighted by molar-refractivity contribution is -0.124. The van der Waals surface area contributed by atoms with Crippen LogP contribution in [-0.4, -0.2) is 41.8 Å².